The number of anilines is 1. The van der Waals surface area contributed by atoms with Crippen molar-refractivity contribution in [3.8, 4) is 5.75 Å². The first-order chi connectivity index (χ1) is 15.4. The molecule has 3 aromatic rings. The number of halogens is 3. The summed E-state index contributed by atoms with van der Waals surface area (Å²) in [7, 11) is -1.59. The Hall–Kier alpha value is -2.94. The molecule has 0 saturated heterocycles. The summed E-state index contributed by atoms with van der Waals surface area (Å²) in [5.41, 5.74) is 1.84. The molecule has 0 fully saturated rings. The van der Waals surface area contributed by atoms with Gasteiger partial charge >= 0.3 is 6.18 Å². The third-order valence-electron chi connectivity index (χ3n) is 5.35. The Balaban J connectivity index is 1.65. The second-order valence-electron chi connectivity index (χ2n) is 7.49. The van der Waals surface area contributed by atoms with Gasteiger partial charge in [0.15, 0.2) is 11.0 Å². The summed E-state index contributed by atoms with van der Waals surface area (Å²) < 4.78 is 60.9. The van der Waals surface area contributed by atoms with E-state index in [1.807, 2.05) is 13.0 Å². The largest absolute Gasteiger partial charge is 0.493 e. The third-order valence-corrected chi connectivity index (χ3v) is 6.40. The first-order valence-electron chi connectivity index (χ1n) is 10.3. The van der Waals surface area contributed by atoms with Crippen molar-refractivity contribution in [2.75, 3.05) is 11.3 Å². The van der Waals surface area contributed by atoms with E-state index in [1.165, 1.54) is 6.07 Å². The minimum Gasteiger partial charge on any atom is -0.493 e. The molecule has 0 radical (unpaired) electrons. The minimum absolute atomic E-state index is 0.0875. The molecule has 0 saturated carbocycles. The van der Waals surface area contributed by atoms with Gasteiger partial charge in [0, 0.05) is 23.9 Å². The molecule has 0 amide bonds. The van der Waals surface area contributed by atoms with E-state index in [0.717, 1.165) is 23.6 Å². The van der Waals surface area contributed by atoms with Crippen LogP contribution in [0.2, 0.25) is 0 Å². The van der Waals surface area contributed by atoms with Gasteiger partial charge in [-0.2, -0.15) is 13.2 Å². The Morgan fingerprint density at radius 2 is 1.88 bits per heavy atom. The lowest BCUT2D eigenvalue weighted by atomic mass is 9.82. The highest BCUT2D eigenvalue weighted by atomic mass is 32.2. The fourth-order valence-electron chi connectivity index (χ4n) is 3.91. The van der Waals surface area contributed by atoms with Crippen LogP contribution in [-0.2, 0) is 23.6 Å². The monoisotopic (exact) mass is 461 g/mol. The normalized spacial score (nSPS) is 16.7. The van der Waals surface area contributed by atoms with Crippen LogP contribution in [0.25, 0.3) is 0 Å². The van der Waals surface area contributed by atoms with Crippen molar-refractivity contribution in [2.24, 2.45) is 0 Å². The molecule has 4 rings (SSSR count). The van der Waals surface area contributed by atoms with Crippen molar-refractivity contribution in [3.63, 3.8) is 0 Å². The predicted octanol–water partition coefficient (Wildman–Crippen LogP) is 5.50. The van der Waals surface area contributed by atoms with Crippen LogP contribution in [-0.4, -0.2) is 20.8 Å². The third kappa shape index (κ3) is 4.77. The van der Waals surface area contributed by atoms with E-state index >= 15 is 0 Å². The summed E-state index contributed by atoms with van der Waals surface area (Å²) in [5.74, 6) is 0.747. The van der Waals surface area contributed by atoms with Gasteiger partial charge in [-0.15, -0.1) is 0 Å². The predicted molar refractivity (Wildman–Crippen MR) is 116 cm³/mol. The highest BCUT2D eigenvalue weighted by molar-refractivity contribution is 7.86. The molecule has 0 spiro atoms. The van der Waals surface area contributed by atoms with Gasteiger partial charge in [-0.25, -0.2) is 14.2 Å². The average molecular weight is 462 g/mol. The maximum Gasteiger partial charge on any atom is 0.416 e. The number of aryl methyl sites for hydroxylation is 1. The van der Waals surface area contributed by atoms with Crippen LogP contribution >= 0.6 is 0 Å². The van der Waals surface area contributed by atoms with Gasteiger partial charge in [-0.05, 0) is 54.3 Å². The van der Waals surface area contributed by atoms with E-state index in [0.29, 0.717) is 35.7 Å². The van der Waals surface area contributed by atoms with Crippen molar-refractivity contribution >= 4 is 16.9 Å². The van der Waals surface area contributed by atoms with E-state index in [1.54, 1.807) is 36.7 Å². The molecule has 1 N–H and O–H groups in total. The molecule has 2 heterocycles. The number of hydrogen-bond donors (Lipinski definition) is 1. The molecule has 32 heavy (non-hydrogen) atoms. The van der Waals surface area contributed by atoms with Gasteiger partial charge in [0.2, 0.25) is 5.95 Å². The number of rotatable bonds is 6. The zero-order chi connectivity index (χ0) is 22.7. The Labute approximate surface area is 186 Å². The van der Waals surface area contributed by atoms with Crippen molar-refractivity contribution in [1.29, 1.82) is 0 Å². The Kier molecular flexibility index (Phi) is 6.45. The first kappa shape index (κ1) is 22.3. The highest BCUT2D eigenvalue weighted by Crippen LogP contribution is 2.42. The highest BCUT2D eigenvalue weighted by Gasteiger charge is 2.32. The molecule has 1 aromatic heterocycles. The SMILES string of the molecule is CCCc1cc(C(F)(F)F)ccc1C1CCOc2cc(S(=O)Nc3ncccn3)ccc21. The molecule has 5 nitrogen and oxygen atoms in total. The number of fused-ring (bicyclic) bond motifs is 1. The van der Waals surface area contributed by atoms with E-state index in [9.17, 15) is 17.4 Å². The van der Waals surface area contributed by atoms with Gasteiger partial charge in [-0.1, -0.05) is 25.5 Å². The molecule has 1 aliphatic heterocycles. The molecular formula is C23H22F3N3O2S. The molecule has 2 unspecified atom stereocenters. The quantitative estimate of drug-likeness (QED) is 0.527. The molecule has 9 heteroatoms. The molecule has 2 atom stereocenters. The van der Waals surface area contributed by atoms with E-state index in [-0.39, 0.29) is 11.9 Å². The van der Waals surface area contributed by atoms with Crippen molar-refractivity contribution in [1.82, 2.24) is 9.97 Å². The number of benzene rings is 2. The molecule has 2 aromatic carbocycles. The van der Waals surface area contributed by atoms with Crippen LogP contribution in [0, 0.1) is 0 Å². The maximum atomic E-state index is 13.2. The van der Waals surface area contributed by atoms with Crippen LogP contribution in [0.3, 0.4) is 0 Å². The lowest BCUT2D eigenvalue weighted by molar-refractivity contribution is -0.137. The zero-order valence-electron chi connectivity index (χ0n) is 17.4. The summed E-state index contributed by atoms with van der Waals surface area (Å²) in [5, 5.41) is 0. The summed E-state index contributed by atoms with van der Waals surface area (Å²) >= 11 is 0. The number of nitrogens with one attached hydrogen (secondary N) is 1. The zero-order valence-corrected chi connectivity index (χ0v) is 18.2. The van der Waals surface area contributed by atoms with Crippen LogP contribution in [0.15, 0.2) is 59.8 Å². The van der Waals surface area contributed by atoms with Crippen LogP contribution < -0.4 is 9.46 Å². The van der Waals surface area contributed by atoms with Crippen LogP contribution in [0.5, 0.6) is 5.75 Å². The number of alkyl halides is 3. The topological polar surface area (TPSA) is 64.1 Å². The van der Waals surface area contributed by atoms with E-state index in [4.69, 9.17) is 4.74 Å². The lowest BCUT2D eigenvalue weighted by Crippen LogP contribution is -2.18. The van der Waals surface area contributed by atoms with E-state index in [2.05, 4.69) is 14.7 Å². The molecule has 0 bridgehead atoms. The maximum absolute atomic E-state index is 13.2. The molecule has 0 aliphatic carbocycles. The summed E-state index contributed by atoms with van der Waals surface area (Å²) in [6, 6.07) is 10.9. The van der Waals surface area contributed by atoms with Gasteiger partial charge in [-0.3, -0.25) is 4.72 Å². The Bertz CT molecular complexity index is 1120. The second kappa shape index (κ2) is 9.28. The summed E-state index contributed by atoms with van der Waals surface area (Å²) in [6.07, 6.45) is 0.692. The number of ether oxygens (including phenoxy) is 1. The van der Waals surface area contributed by atoms with Crippen molar-refractivity contribution in [2.45, 2.75) is 43.2 Å². The van der Waals surface area contributed by atoms with Gasteiger partial charge in [0.05, 0.1) is 17.1 Å². The fraction of sp³-hybridized carbons (Fsp3) is 0.304. The first-order valence-corrected chi connectivity index (χ1v) is 11.4. The number of nitrogens with zero attached hydrogens (tertiary/aromatic N) is 2. The van der Waals surface area contributed by atoms with E-state index < -0.39 is 22.7 Å². The molecule has 1 aliphatic rings. The average Bonchev–Trinajstić information content (AvgIpc) is 2.78. The second-order valence-corrected chi connectivity index (χ2v) is 8.71. The fourth-order valence-corrected chi connectivity index (χ4v) is 4.70. The van der Waals surface area contributed by atoms with Crippen LogP contribution in [0.4, 0.5) is 19.1 Å². The number of aromatic nitrogens is 2. The summed E-state index contributed by atoms with van der Waals surface area (Å²) in [4.78, 5) is 8.51. The molecular weight excluding hydrogens is 439 g/mol. The van der Waals surface area contributed by atoms with Gasteiger partial charge in [0.1, 0.15) is 5.75 Å². The lowest BCUT2D eigenvalue weighted by Gasteiger charge is -2.28. The van der Waals surface area contributed by atoms with Gasteiger partial charge in [0.25, 0.3) is 0 Å². The van der Waals surface area contributed by atoms with Crippen molar-refractivity contribution in [3.05, 3.63) is 77.1 Å². The summed E-state index contributed by atoms with van der Waals surface area (Å²) in [6.45, 7) is 2.38. The number of hydrogen-bond acceptors (Lipinski definition) is 4. The Morgan fingerprint density at radius 1 is 1.12 bits per heavy atom. The van der Waals surface area contributed by atoms with Crippen molar-refractivity contribution < 1.29 is 22.1 Å². The van der Waals surface area contributed by atoms with Gasteiger partial charge < -0.3 is 4.74 Å². The Morgan fingerprint density at radius 3 is 2.59 bits per heavy atom. The minimum atomic E-state index is -4.37. The van der Waals surface area contributed by atoms with Crippen LogP contribution in [0.1, 0.15) is 47.9 Å². The molecule has 168 valence electrons. The standard InChI is InChI=1S/C23H22F3N3O2S/c1-2-4-15-13-16(23(24,25)26)5-7-18(15)19-9-12-31-21-14-17(6-8-20(19)21)32(30)29-22-27-10-3-11-28-22/h3,5-8,10-11,13-14,19H,2,4,9,12H2,1H3,(H,27,28,29). The smallest absolute Gasteiger partial charge is 0.416 e.